The molecule has 1 atom stereocenters. The molecule has 0 aliphatic rings. The molecule has 0 fully saturated rings. The van der Waals surface area contributed by atoms with Crippen LogP contribution < -0.4 is 11.3 Å². The van der Waals surface area contributed by atoms with Crippen molar-refractivity contribution in [2.24, 2.45) is 12.9 Å². The van der Waals surface area contributed by atoms with Crippen LogP contribution in [-0.2, 0) is 13.5 Å². The molecule has 1 unspecified atom stereocenters. The summed E-state index contributed by atoms with van der Waals surface area (Å²) in [5.74, 6) is 5.47. The zero-order valence-electron chi connectivity index (χ0n) is 8.29. The number of hydrogen-bond donors (Lipinski definition) is 2. The van der Waals surface area contributed by atoms with E-state index in [9.17, 15) is 0 Å². The first kappa shape index (κ1) is 10.2. The molecule has 0 aliphatic carbocycles. The molecule has 0 aromatic carbocycles. The Hall–Kier alpha value is -1.31. The molecule has 0 saturated carbocycles. The van der Waals surface area contributed by atoms with E-state index >= 15 is 0 Å². The number of hydrazine groups is 1. The largest absolute Gasteiger partial charge is 0.276 e. The molecule has 15 heavy (non-hydrogen) atoms. The maximum Gasteiger partial charge on any atom is 0.0942 e. The van der Waals surface area contributed by atoms with Crippen molar-refractivity contribution < 1.29 is 0 Å². The van der Waals surface area contributed by atoms with E-state index in [-0.39, 0.29) is 6.04 Å². The number of hydrogen-bond acceptors (Lipinski definition) is 6. The normalized spacial score (nSPS) is 12.9. The van der Waals surface area contributed by atoms with E-state index in [1.54, 1.807) is 4.68 Å². The average molecular weight is 224 g/mol. The highest BCUT2D eigenvalue weighted by Crippen LogP contribution is 2.14. The molecule has 0 radical (unpaired) electrons. The Labute approximate surface area is 91.2 Å². The maximum atomic E-state index is 5.47. The summed E-state index contributed by atoms with van der Waals surface area (Å²) in [4.78, 5) is 0. The summed E-state index contributed by atoms with van der Waals surface area (Å²) in [7, 11) is 1.89. The van der Waals surface area contributed by atoms with E-state index in [1.807, 2.05) is 24.7 Å². The van der Waals surface area contributed by atoms with E-state index in [2.05, 4.69) is 20.1 Å². The fraction of sp³-hybridized carbons (Fsp3) is 0.375. The molecule has 0 aliphatic heterocycles. The van der Waals surface area contributed by atoms with Gasteiger partial charge in [-0.2, -0.15) is 5.10 Å². The molecule has 2 aromatic heterocycles. The van der Waals surface area contributed by atoms with Gasteiger partial charge in [-0.05, 0) is 17.6 Å². The second-order valence-electron chi connectivity index (χ2n) is 3.23. The second kappa shape index (κ2) is 4.47. The van der Waals surface area contributed by atoms with Gasteiger partial charge in [-0.25, -0.2) is 0 Å². The molecule has 0 bridgehead atoms. The van der Waals surface area contributed by atoms with Crippen LogP contribution in [0.4, 0.5) is 0 Å². The van der Waals surface area contributed by atoms with E-state index < -0.39 is 0 Å². The van der Waals surface area contributed by atoms with Gasteiger partial charge in [-0.15, -0.1) is 5.10 Å². The molecule has 80 valence electrons. The first-order valence-electron chi connectivity index (χ1n) is 4.51. The summed E-state index contributed by atoms with van der Waals surface area (Å²) in [6, 6.07) is 1.93. The molecule has 2 aromatic rings. The van der Waals surface area contributed by atoms with Gasteiger partial charge in [0.05, 0.1) is 17.4 Å². The van der Waals surface area contributed by atoms with Crippen molar-refractivity contribution in [2.45, 2.75) is 12.5 Å². The predicted molar refractivity (Wildman–Crippen MR) is 56.9 cm³/mol. The Kier molecular flexibility index (Phi) is 3.05. The summed E-state index contributed by atoms with van der Waals surface area (Å²) < 4.78 is 5.57. The van der Waals surface area contributed by atoms with E-state index in [4.69, 9.17) is 5.84 Å². The fourth-order valence-corrected chi connectivity index (χ4v) is 1.86. The Bertz CT molecular complexity index is 408. The van der Waals surface area contributed by atoms with E-state index in [1.165, 1.54) is 11.5 Å². The first-order valence-corrected chi connectivity index (χ1v) is 5.35. The maximum absolute atomic E-state index is 5.47. The summed E-state index contributed by atoms with van der Waals surface area (Å²) in [5.41, 5.74) is 4.55. The average Bonchev–Trinajstić information content (AvgIpc) is 2.85. The molecule has 7 heteroatoms. The van der Waals surface area contributed by atoms with Gasteiger partial charge < -0.3 is 0 Å². The van der Waals surface area contributed by atoms with Crippen molar-refractivity contribution in [3.05, 3.63) is 29.0 Å². The van der Waals surface area contributed by atoms with Gasteiger partial charge in [0.25, 0.3) is 0 Å². The van der Waals surface area contributed by atoms with Crippen molar-refractivity contribution in [1.82, 2.24) is 24.8 Å². The number of aromatic nitrogens is 4. The zero-order valence-corrected chi connectivity index (χ0v) is 9.11. The molecular formula is C8H12N6S. The third kappa shape index (κ3) is 2.38. The minimum absolute atomic E-state index is 0.0290. The molecule has 6 nitrogen and oxygen atoms in total. The molecule has 0 saturated heterocycles. The number of rotatable bonds is 4. The van der Waals surface area contributed by atoms with E-state index in [0.717, 1.165) is 11.4 Å². The van der Waals surface area contributed by atoms with Gasteiger partial charge in [-0.3, -0.25) is 16.0 Å². The van der Waals surface area contributed by atoms with Gasteiger partial charge >= 0.3 is 0 Å². The van der Waals surface area contributed by atoms with Gasteiger partial charge in [0.2, 0.25) is 0 Å². The summed E-state index contributed by atoms with van der Waals surface area (Å²) >= 11 is 1.32. The number of nitrogens with two attached hydrogens (primary N) is 1. The standard InChI is InChI=1S/C8H12N6S/c1-14-3-2-6(12-14)4-7(10-9)8-5-15-13-11-8/h2-3,5,7,10H,4,9H2,1H3. The van der Waals surface area contributed by atoms with Crippen LogP contribution in [-0.4, -0.2) is 19.4 Å². The topological polar surface area (TPSA) is 81.7 Å². The second-order valence-corrected chi connectivity index (χ2v) is 3.84. The summed E-state index contributed by atoms with van der Waals surface area (Å²) in [6.45, 7) is 0. The van der Waals surface area contributed by atoms with Gasteiger partial charge in [0.1, 0.15) is 0 Å². The van der Waals surface area contributed by atoms with Gasteiger partial charge in [-0.1, -0.05) is 4.49 Å². The smallest absolute Gasteiger partial charge is 0.0942 e. The highest BCUT2D eigenvalue weighted by Gasteiger charge is 2.14. The van der Waals surface area contributed by atoms with E-state index in [0.29, 0.717) is 6.42 Å². The van der Waals surface area contributed by atoms with Crippen molar-refractivity contribution in [3.63, 3.8) is 0 Å². The first-order chi connectivity index (χ1) is 7.29. The number of aryl methyl sites for hydroxylation is 1. The lowest BCUT2D eigenvalue weighted by molar-refractivity contribution is 0.527. The molecule has 2 rings (SSSR count). The lowest BCUT2D eigenvalue weighted by Crippen LogP contribution is -2.30. The molecule has 0 amide bonds. The van der Waals surface area contributed by atoms with Crippen LogP contribution in [0, 0.1) is 0 Å². The Morgan fingerprint density at radius 1 is 1.67 bits per heavy atom. The van der Waals surface area contributed by atoms with Crippen molar-refractivity contribution in [3.8, 4) is 0 Å². The van der Waals surface area contributed by atoms with Crippen LogP contribution in [0.2, 0.25) is 0 Å². The predicted octanol–water partition coefficient (Wildman–Crippen LogP) is 0.0187. The Morgan fingerprint density at radius 3 is 3.07 bits per heavy atom. The quantitative estimate of drug-likeness (QED) is 0.565. The highest BCUT2D eigenvalue weighted by molar-refractivity contribution is 7.03. The SMILES string of the molecule is Cn1ccc(CC(NN)c2csnn2)n1. The minimum atomic E-state index is -0.0290. The monoisotopic (exact) mass is 224 g/mol. The van der Waals surface area contributed by atoms with Crippen LogP contribution in [0.1, 0.15) is 17.4 Å². The fourth-order valence-electron chi connectivity index (χ4n) is 1.35. The van der Waals surface area contributed by atoms with Crippen LogP contribution in [0.3, 0.4) is 0 Å². The minimum Gasteiger partial charge on any atom is -0.276 e. The number of nitrogens with zero attached hydrogens (tertiary/aromatic N) is 4. The lowest BCUT2D eigenvalue weighted by atomic mass is 10.1. The third-order valence-corrected chi connectivity index (χ3v) is 2.64. The van der Waals surface area contributed by atoms with Gasteiger partial charge in [0.15, 0.2) is 0 Å². The summed E-state index contributed by atoms with van der Waals surface area (Å²) in [5, 5.41) is 10.1. The Morgan fingerprint density at radius 2 is 2.53 bits per heavy atom. The number of nitrogens with one attached hydrogen (secondary N) is 1. The summed E-state index contributed by atoms with van der Waals surface area (Å²) in [6.07, 6.45) is 2.62. The molecular weight excluding hydrogens is 212 g/mol. The van der Waals surface area contributed by atoms with Crippen LogP contribution in [0.5, 0.6) is 0 Å². The molecule has 0 spiro atoms. The Balaban J connectivity index is 2.09. The van der Waals surface area contributed by atoms with Gasteiger partial charge in [0, 0.05) is 25.0 Å². The zero-order chi connectivity index (χ0) is 10.7. The molecule has 3 N–H and O–H groups in total. The van der Waals surface area contributed by atoms with Crippen molar-refractivity contribution >= 4 is 11.5 Å². The highest BCUT2D eigenvalue weighted by atomic mass is 32.1. The molecule has 2 heterocycles. The van der Waals surface area contributed by atoms with Crippen molar-refractivity contribution in [1.29, 1.82) is 0 Å². The van der Waals surface area contributed by atoms with Crippen LogP contribution in [0.15, 0.2) is 17.6 Å². The lowest BCUT2D eigenvalue weighted by Gasteiger charge is -2.10. The third-order valence-electron chi connectivity index (χ3n) is 2.12. The van der Waals surface area contributed by atoms with Crippen LogP contribution in [0.25, 0.3) is 0 Å². The van der Waals surface area contributed by atoms with Crippen molar-refractivity contribution in [2.75, 3.05) is 0 Å². The van der Waals surface area contributed by atoms with Crippen LogP contribution >= 0.6 is 11.5 Å².